The van der Waals surface area contributed by atoms with Gasteiger partial charge in [-0.25, -0.2) is 5.10 Å². The Bertz CT molecular complexity index is 1550. The SMILES string of the molecule is CN1CCN(Cc2ccc3c(-c4ccccc4)c(-c4cc(-c5ccncc5)n[nH]c4=O)[nH]c3c2)CC1. The molecule has 3 aromatic heterocycles. The normalized spacial score (nSPS) is 14.9. The van der Waals surface area contributed by atoms with E-state index in [1.807, 2.05) is 36.4 Å². The maximum atomic E-state index is 13.1. The van der Waals surface area contributed by atoms with Gasteiger partial charge < -0.3 is 9.88 Å². The maximum Gasteiger partial charge on any atom is 0.273 e. The summed E-state index contributed by atoms with van der Waals surface area (Å²) in [5, 5.41) is 8.09. The van der Waals surface area contributed by atoms with Crippen molar-refractivity contribution < 1.29 is 0 Å². The van der Waals surface area contributed by atoms with E-state index in [0.29, 0.717) is 11.3 Å². The molecule has 1 saturated heterocycles. The molecule has 1 fully saturated rings. The van der Waals surface area contributed by atoms with Crippen LogP contribution in [-0.2, 0) is 6.54 Å². The molecule has 0 amide bonds. The number of aromatic amines is 2. The van der Waals surface area contributed by atoms with Gasteiger partial charge in [-0.05, 0) is 42.4 Å². The first kappa shape index (κ1) is 22.4. The Labute approximate surface area is 209 Å². The van der Waals surface area contributed by atoms with Crippen LogP contribution >= 0.6 is 0 Å². The molecular weight excluding hydrogens is 448 g/mol. The highest BCUT2D eigenvalue weighted by Gasteiger charge is 2.20. The van der Waals surface area contributed by atoms with Crippen molar-refractivity contribution in [3.8, 4) is 33.6 Å². The summed E-state index contributed by atoms with van der Waals surface area (Å²) in [6, 6.07) is 22.5. The fourth-order valence-electron chi connectivity index (χ4n) is 4.98. The topological polar surface area (TPSA) is 80.9 Å². The molecule has 0 atom stereocenters. The molecule has 1 aliphatic heterocycles. The quantitative estimate of drug-likeness (QED) is 0.393. The van der Waals surface area contributed by atoms with Crippen molar-refractivity contribution >= 4 is 10.9 Å². The number of piperazine rings is 1. The first-order valence-electron chi connectivity index (χ1n) is 12.3. The lowest BCUT2D eigenvalue weighted by atomic mass is 9.98. The second-order valence-electron chi connectivity index (χ2n) is 9.43. The summed E-state index contributed by atoms with van der Waals surface area (Å²) in [6.45, 7) is 5.25. The van der Waals surface area contributed by atoms with Gasteiger partial charge in [0.15, 0.2) is 0 Å². The molecule has 0 spiro atoms. The predicted octanol–water partition coefficient (Wildman–Crippen LogP) is 4.39. The fraction of sp³-hybridized carbons (Fsp3) is 0.207. The molecule has 2 aromatic carbocycles. The molecule has 36 heavy (non-hydrogen) atoms. The molecule has 5 aromatic rings. The highest BCUT2D eigenvalue weighted by molar-refractivity contribution is 6.04. The number of benzene rings is 2. The number of fused-ring (bicyclic) bond motifs is 1. The second kappa shape index (κ2) is 9.53. The Morgan fingerprint density at radius 1 is 0.889 bits per heavy atom. The minimum absolute atomic E-state index is 0.228. The average molecular weight is 477 g/mol. The number of H-pyrrole nitrogens is 2. The molecule has 0 aliphatic carbocycles. The van der Waals surface area contributed by atoms with E-state index in [4.69, 9.17) is 0 Å². The first-order valence-corrected chi connectivity index (χ1v) is 12.3. The van der Waals surface area contributed by atoms with Gasteiger partial charge in [0.05, 0.1) is 17.0 Å². The van der Waals surface area contributed by atoms with Crippen LogP contribution < -0.4 is 5.56 Å². The summed E-state index contributed by atoms with van der Waals surface area (Å²) in [5.41, 5.74) is 7.10. The molecule has 7 nitrogen and oxygen atoms in total. The highest BCUT2D eigenvalue weighted by Crippen LogP contribution is 2.38. The van der Waals surface area contributed by atoms with Crippen molar-refractivity contribution in [1.29, 1.82) is 0 Å². The minimum atomic E-state index is -0.228. The molecule has 6 rings (SSSR count). The molecule has 2 N–H and O–H groups in total. The monoisotopic (exact) mass is 476 g/mol. The van der Waals surface area contributed by atoms with Crippen LogP contribution in [0.25, 0.3) is 44.5 Å². The lowest BCUT2D eigenvalue weighted by Crippen LogP contribution is -2.43. The van der Waals surface area contributed by atoms with Crippen LogP contribution in [0.15, 0.2) is 83.9 Å². The van der Waals surface area contributed by atoms with Crippen molar-refractivity contribution in [3.63, 3.8) is 0 Å². The van der Waals surface area contributed by atoms with E-state index < -0.39 is 0 Å². The number of nitrogens with one attached hydrogen (secondary N) is 2. The van der Waals surface area contributed by atoms with Gasteiger partial charge in [-0.3, -0.25) is 14.7 Å². The molecule has 180 valence electrons. The molecule has 0 radical (unpaired) electrons. The van der Waals surface area contributed by atoms with Gasteiger partial charge in [-0.15, -0.1) is 0 Å². The Balaban J connectivity index is 1.47. The Morgan fingerprint density at radius 2 is 1.67 bits per heavy atom. The largest absolute Gasteiger partial charge is 0.354 e. The summed E-state index contributed by atoms with van der Waals surface area (Å²) in [7, 11) is 2.18. The lowest BCUT2D eigenvalue weighted by molar-refractivity contribution is 0.148. The lowest BCUT2D eigenvalue weighted by Gasteiger charge is -2.32. The van der Waals surface area contributed by atoms with E-state index >= 15 is 0 Å². The highest BCUT2D eigenvalue weighted by atomic mass is 16.1. The number of hydrogen-bond acceptors (Lipinski definition) is 5. The molecule has 0 saturated carbocycles. The third-order valence-electron chi connectivity index (χ3n) is 6.98. The number of nitrogens with zero attached hydrogens (tertiary/aromatic N) is 4. The van der Waals surface area contributed by atoms with Crippen molar-refractivity contribution in [3.05, 3.63) is 95.0 Å². The number of aromatic nitrogens is 4. The van der Waals surface area contributed by atoms with Gasteiger partial charge in [0.1, 0.15) is 0 Å². The van der Waals surface area contributed by atoms with Gasteiger partial charge in [0.25, 0.3) is 5.56 Å². The van der Waals surface area contributed by atoms with Gasteiger partial charge >= 0.3 is 0 Å². The summed E-state index contributed by atoms with van der Waals surface area (Å²) >= 11 is 0. The third kappa shape index (κ3) is 4.34. The number of pyridine rings is 1. The van der Waals surface area contributed by atoms with Crippen molar-refractivity contribution in [2.75, 3.05) is 33.2 Å². The van der Waals surface area contributed by atoms with Crippen LogP contribution in [0.3, 0.4) is 0 Å². The number of rotatable bonds is 5. The molecule has 0 unspecified atom stereocenters. The van der Waals surface area contributed by atoms with Crippen LogP contribution in [-0.4, -0.2) is 63.2 Å². The summed E-state index contributed by atoms with van der Waals surface area (Å²) in [4.78, 5) is 25.6. The molecule has 1 aliphatic rings. The first-order chi connectivity index (χ1) is 17.7. The van der Waals surface area contributed by atoms with Crippen LogP contribution in [0, 0.1) is 0 Å². The Kier molecular flexibility index (Phi) is 5.93. The summed E-state index contributed by atoms with van der Waals surface area (Å²) in [6.07, 6.45) is 3.45. The standard InChI is InChI=1S/C29H28N6O/c1-34-13-15-35(16-14-34)19-20-7-8-23-26(17-20)31-28(27(23)22-5-3-2-4-6-22)24-18-25(32-33-29(24)36)21-9-11-30-12-10-21/h2-12,17-18,31H,13-16,19H2,1H3,(H,33,36). The maximum absolute atomic E-state index is 13.1. The van der Waals surface area contributed by atoms with Gasteiger partial charge in [-0.2, -0.15) is 5.10 Å². The van der Waals surface area contributed by atoms with Crippen LogP contribution in [0.5, 0.6) is 0 Å². The van der Waals surface area contributed by atoms with E-state index in [1.165, 1.54) is 5.56 Å². The Hall–Kier alpha value is -4.07. The minimum Gasteiger partial charge on any atom is -0.354 e. The molecule has 7 heteroatoms. The Morgan fingerprint density at radius 3 is 2.44 bits per heavy atom. The molecule has 4 heterocycles. The van der Waals surface area contributed by atoms with Gasteiger partial charge in [-0.1, -0.05) is 42.5 Å². The second-order valence-corrected chi connectivity index (χ2v) is 9.43. The zero-order valence-corrected chi connectivity index (χ0v) is 20.2. The molecular formula is C29H28N6O. The smallest absolute Gasteiger partial charge is 0.273 e. The predicted molar refractivity (Wildman–Crippen MR) is 144 cm³/mol. The van der Waals surface area contributed by atoms with Gasteiger partial charge in [0.2, 0.25) is 0 Å². The molecule has 0 bridgehead atoms. The van der Waals surface area contributed by atoms with E-state index in [0.717, 1.165) is 66.0 Å². The average Bonchev–Trinajstić information content (AvgIpc) is 3.30. The summed E-state index contributed by atoms with van der Waals surface area (Å²) < 4.78 is 0. The van der Waals surface area contributed by atoms with Crippen LogP contribution in [0.1, 0.15) is 5.56 Å². The van der Waals surface area contributed by atoms with E-state index in [-0.39, 0.29) is 5.56 Å². The number of likely N-dealkylation sites (N-methyl/N-ethyl adjacent to an activating group) is 1. The van der Waals surface area contributed by atoms with Crippen molar-refractivity contribution in [2.24, 2.45) is 0 Å². The van der Waals surface area contributed by atoms with Crippen molar-refractivity contribution in [1.82, 2.24) is 30.0 Å². The third-order valence-corrected chi connectivity index (χ3v) is 6.98. The van der Waals surface area contributed by atoms with Crippen molar-refractivity contribution in [2.45, 2.75) is 6.54 Å². The van der Waals surface area contributed by atoms with E-state index in [9.17, 15) is 4.79 Å². The number of hydrogen-bond donors (Lipinski definition) is 2. The fourth-order valence-corrected chi connectivity index (χ4v) is 4.98. The van der Waals surface area contributed by atoms with E-state index in [2.05, 4.69) is 67.3 Å². The zero-order valence-electron chi connectivity index (χ0n) is 20.2. The van der Waals surface area contributed by atoms with Gasteiger partial charge in [0, 0.05) is 67.1 Å². The summed E-state index contributed by atoms with van der Waals surface area (Å²) in [5.74, 6) is 0. The van der Waals surface area contributed by atoms with E-state index in [1.54, 1.807) is 12.4 Å². The van der Waals surface area contributed by atoms with Crippen LogP contribution in [0.4, 0.5) is 0 Å². The van der Waals surface area contributed by atoms with Crippen LogP contribution in [0.2, 0.25) is 0 Å². The zero-order chi connectivity index (χ0) is 24.5.